The van der Waals surface area contributed by atoms with Gasteiger partial charge in [-0.3, -0.25) is 4.79 Å². The predicted octanol–water partition coefficient (Wildman–Crippen LogP) is 4.41. The summed E-state index contributed by atoms with van der Waals surface area (Å²) in [5, 5.41) is 2.74. The molecule has 2 rings (SSSR count). The first kappa shape index (κ1) is 22.0. The highest BCUT2D eigenvalue weighted by molar-refractivity contribution is 5.96. The van der Waals surface area contributed by atoms with E-state index in [1.165, 1.54) is 32.8 Å². The van der Waals surface area contributed by atoms with Crippen LogP contribution in [0.3, 0.4) is 0 Å². The lowest BCUT2D eigenvalue weighted by Crippen LogP contribution is -2.29. The number of hydrogen-bond donors (Lipinski definition) is 1. The average molecular weight is 397 g/mol. The van der Waals surface area contributed by atoms with Crippen LogP contribution in [0.1, 0.15) is 37.8 Å². The van der Waals surface area contributed by atoms with E-state index in [1.54, 1.807) is 24.3 Å². The molecule has 6 nitrogen and oxygen atoms in total. The van der Waals surface area contributed by atoms with Gasteiger partial charge in [0.2, 0.25) is 0 Å². The number of hydrogen-bond acceptors (Lipinski definition) is 5. The summed E-state index contributed by atoms with van der Waals surface area (Å²) in [6.07, 6.45) is 1.86. The minimum atomic E-state index is -0.941. The number of anilines is 1. The minimum Gasteiger partial charge on any atom is -0.493 e. The van der Waals surface area contributed by atoms with Gasteiger partial charge in [0.05, 0.1) is 14.2 Å². The molecule has 0 spiro atoms. The van der Waals surface area contributed by atoms with Gasteiger partial charge in [0, 0.05) is 17.3 Å². The molecule has 0 aliphatic heterocycles. The lowest BCUT2D eigenvalue weighted by Gasteiger charge is -2.13. The smallest absolute Gasteiger partial charge is 0.331 e. The zero-order valence-corrected chi connectivity index (χ0v) is 17.4. The zero-order chi connectivity index (χ0) is 21.4. The number of ether oxygens (including phenoxy) is 3. The molecule has 1 atom stereocenters. The number of carbonyl (C=O) groups is 2. The van der Waals surface area contributed by atoms with E-state index in [1.807, 2.05) is 24.3 Å². The van der Waals surface area contributed by atoms with E-state index < -0.39 is 18.0 Å². The second kappa shape index (κ2) is 10.3. The van der Waals surface area contributed by atoms with Crippen LogP contribution < -0.4 is 14.8 Å². The lowest BCUT2D eigenvalue weighted by atomic mass is 10.0. The molecule has 29 heavy (non-hydrogen) atoms. The summed E-state index contributed by atoms with van der Waals surface area (Å²) in [6, 6.07) is 12.9. The summed E-state index contributed by atoms with van der Waals surface area (Å²) >= 11 is 0. The summed E-state index contributed by atoms with van der Waals surface area (Å²) in [7, 11) is 3.06. The van der Waals surface area contributed by atoms with Crippen molar-refractivity contribution >= 4 is 23.6 Å². The van der Waals surface area contributed by atoms with Gasteiger partial charge >= 0.3 is 5.97 Å². The molecule has 0 heterocycles. The molecule has 0 radical (unpaired) electrons. The maximum atomic E-state index is 12.3. The maximum absolute atomic E-state index is 12.3. The van der Waals surface area contributed by atoms with Gasteiger partial charge in [-0.1, -0.05) is 38.1 Å². The molecule has 0 unspecified atom stereocenters. The molecule has 0 aromatic heterocycles. The van der Waals surface area contributed by atoms with E-state index in [0.717, 1.165) is 0 Å². The molecule has 6 heteroatoms. The van der Waals surface area contributed by atoms with Crippen LogP contribution in [0.15, 0.2) is 48.5 Å². The molecule has 0 saturated carbocycles. The van der Waals surface area contributed by atoms with E-state index in [2.05, 4.69) is 19.2 Å². The average Bonchev–Trinajstić information content (AvgIpc) is 2.72. The maximum Gasteiger partial charge on any atom is 0.331 e. The quantitative estimate of drug-likeness (QED) is 0.528. The fourth-order valence-electron chi connectivity index (χ4n) is 2.66. The van der Waals surface area contributed by atoms with Gasteiger partial charge in [0.15, 0.2) is 17.6 Å². The first-order valence-corrected chi connectivity index (χ1v) is 9.36. The third-order valence-electron chi connectivity index (χ3n) is 4.34. The molecule has 154 valence electrons. The predicted molar refractivity (Wildman–Crippen MR) is 113 cm³/mol. The van der Waals surface area contributed by atoms with Crippen LogP contribution in [-0.4, -0.2) is 32.2 Å². The van der Waals surface area contributed by atoms with Gasteiger partial charge in [-0.2, -0.15) is 0 Å². The number of rotatable bonds is 8. The highest BCUT2D eigenvalue weighted by Crippen LogP contribution is 2.31. The van der Waals surface area contributed by atoms with Crippen LogP contribution in [0.2, 0.25) is 0 Å². The van der Waals surface area contributed by atoms with Crippen molar-refractivity contribution in [2.45, 2.75) is 32.8 Å². The Labute approximate surface area is 171 Å². The van der Waals surface area contributed by atoms with Crippen molar-refractivity contribution in [2.24, 2.45) is 0 Å². The van der Waals surface area contributed by atoms with E-state index >= 15 is 0 Å². The Morgan fingerprint density at radius 2 is 1.66 bits per heavy atom. The number of esters is 1. The van der Waals surface area contributed by atoms with Crippen LogP contribution in [0, 0.1) is 0 Å². The van der Waals surface area contributed by atoms with Gasteiger partial charge < -0.3 is 19.5 Å². The number of amides is 1. The van der Waals surface area contributed by atoms with Gasteiger partial charge in [0.25, 0.3) is 5.91 Å². The van der Waals surface area contributed by atoms with Crippen molar-refractivity contribution < 1.29 is 23.8 Å². The summed E-state index contributed by atoms with van der Waals surface area (Å²) in [4.78, 5) is 24.4. The minimum absolute atomic E-state index is 0.400. The Balaban J connectivity index is 1.96. The summed E-state index contributed by atoms with van der Waals surface area (Å²) in [6.45, 7) is 5.73. The third-order valence-corrected chi connectivity index (χ3v) is 4.34. The molecular formula is C23H27NO5. The Morgan fingerprint density at radius 3 is 2.24 bits per heavy atom. The fraction of sp³-hybridized carbons (Fsp3) is 0.304. The molecule has 0 bridgehead atoms. The molecular weight excluding hydrogens is 370 g/mol. The van der Waals surface area contributed by atoms with Crippen molar-refractivity contribution in [1.29, 1.82) is 0 Å². The van der Waals surface area contributed by atoms with Crippen LogP contribution in [0.25, 0.3) is 6.08 Å². The van der Waals surface area contributed by atoms with Gasteiger partial charge in [0.1, 0.15) is 0 Å². The second-order valence-corrected chi connectivity index (χ2v) is 6.76. The Morgan fingerprint density at radius 1 is 0.966 bits per heavy atom. The topological polar surface area (TPSA) is 73.9 Å². The van der Waals surface area contributed by atoms with Crippen LogP contribution >= 0.6 is 0 Å². The molecule has 2 aromatic carbocycles. The molecule has 0 fully saturated rings. The number of carbonyl (C=O) groups excluding carboxylic acids is 2. The molecule has 2 aromatic rings. The van der Waals surface area contributed by atoms with Crippen LogP contribution in [-0.2, 0) is 14.3 Å². The highest BCUT2D eigenvalue weighted by Gasteiger charge is 2.17. The first-order chi connectivity index (χ1) is 13.8. The van der Waals surface area contributed by atoms with Crippen molar-refractivity contribution in [3.63, 3.8) is 0 Å². The van der Waals surface area contributed by atoms with Crippen molar-refractivity contribution in [3.05, 3.63) is 59.7 Å². The number of benzene rings is 2. The van der Waals surface area contributed by atoms with Gasteiger partial charge in [-0.05, 0) is 42.7 Å². The van der Waals surface area contributed by atoms with Crippen LogP contribution in [0.5, 0.6) is 11.5 Å². The Kier molecular flexibility index (Phi) is 7.83. The molecule has 0 saturated heterocycles. The van der Waals surface area contributed by atoms with E-state index in [4.69, 9.17) is 14.2 Å². The van der Waals surface area contributed by atoms with Gasteiger partial charge in [-0.15, -0.1) is 0 Å². The van der Waals surface area contributed by atoms with E-state index in [9.17, 15) is 9.59 Å². The van der Waals surface area contributed by atoms with Crippen molar-refractivity contribution in [1.82, 2.24) is 0 Å². The number of para-hydroxylation sites is 1. The van der Waals surface area contributed by atoms with Crippen LogP contribution in [0.4, 0.5) is 5.69 Å². The van der Waals surface area contributed by atoms with E-state index in [-0.39, 0.29) is 0 Å². The lowest BCUT2D eigenvalue weighted by molar-refractivity contribution is -0.148. The molecule has 1 amide bonds. The SMILES string of the molecule is COc1cccc(/C=C/C(=O)O[C@@H](C)C(=O)Nc2ccc(C(C)C)cc2)c1OC. The standard InChI is InChI=1S/C23H27NO5/c1-15(2)17-9-12-19(13-10-17)24-23(26)16(3)29-21(25)14-11-18-7-6-8-20(27-4)22(18)28-5/h6-16H,1-5H3,(H,24,26)/b14-11+/t16-/m0/s1. The second-order valence-electron chi connectivity index (χ2n) is 6.76. The highest BCUT2D eigenvalue weighted by atomic mass is 16.5. The summed E-state index contributed by atoms with van der Waals surface area (Å²) < 4.78 is 15.7. The van der Waals surface area contributed by atoms with Gasteiger partial charge in [-0.25, -0.2) is 4.79 Å². The fourth-order valence-corrected chi connectivity index (χ4v) is 2.66. The zero-order valence-electron chi connectivity index (χ0n) is 17.4. The third kappa shape index (κ3) is 6.10. The van der Waals surface area contributed by atoms with Crippen molar-refractivity contribution in [3.8, 4) is 11.5 Å². The summed E-state index contributed by atoms with van der Waals surface area (Å²) in [5.41, 5.74) is 2.49. The molecule has 1 N–H and O–H groups in total. The molecule has 0 aliphatic rings. The molecule has 0 aliphatic carbocycles. The van der Waals surface area contributed by atoms with E-state index in [0.29, 0.717) is 28.7 Å². The number of methoxy groups -OCH3 is 2. The Bertz CT molecular complexity index is 871. The first-order valence-electron chi connectivity index (χ1n) is 9.36. The summed E-state index contributed by atoms with van der Waals surface area (Å²) in [5.74, 6) is 0.444. The van der Waals surface area contributed by atoms with Crippen molar-refractivity contribution in [2.75, 3.05) is 19.5 Å². The Hall–Kier alpha value is -3.28. The monoisotopic (exact) mass is 397 g/mol. The normalized spacial score (nSPS) is 11.9. The number of nitrogens with one attached hydrogen (secondary N) is 1. The largest absolute Gasteiger partial charge is 0.493 e.